The zero-order valence-electron chi connectivity index (χ0n) is 13.5. The Morgan fingerprint density at radius 1 is 1.33 bits per heavy atom. The van der Waals surface area contributed by atoms with Crippen LogP contribution in [-0.4, -0.2) is 33.9 Å². The number of carbonyl (C=O) groups excluding carboxylic acids is 1. The first kappa shape index (κ1) is 17.5. The van der Waals surface area contributed by atoms with Gasteiger partial charge < -0.3 is 15.2 Å². The van der Waals surface area contributed by atoms with Gasteiger partial charge in [0, 0.05) is 12.2 Å². The topological polar surface area (TPSA) is 93.5 Å². The number of carbonyl (C=O) groups is 2. The average Bonchev–Trinajstić information content (AvgIpc) is 3.02. The summed E-state index contributed by atoms with van der Waals surface area (Å²) in [6.45, 7) is 3.80. The van der Waals surface area contributed by atoms with E-state index in [9.17, 15) is 19.1 Å². The molecule has 1 heterocycles. The minimum Gasteiger partial charge on any atom is -0.494 e. The molecule has 8 heteroatoms. The van der Waals surface area contributed by atoms with E-state index in [1.54, 1.807) is 10.9 Å². The van der Waals surface area contributed by atoms with Crippen molar-refractivity contribution >= 4 is 11.9 Å². The second-order valence-electron chi connectivity index (χ2n) is 5.41. The van der Waals surface area contributed by atoms with Crippen LogP contribution in [0.15, 0.2) is 30.5 Å². The van der Waals surface area contributed by atoms with Crippen LogP contribution in [-0.2, 0) is 4.79 Å². The van der Waals surface area contributed by atoms with Gasteiger partial charge in [-0.05, 0) is 37.6 Å². The fourth-order valence-corrected chi connectivity index (χ4v) is 2.10. The standard InChI is InChI=1S/C16H18FN3O4/c1-9(2)20-7-6-12(19-20)15(21)18-14(16(22)23)10-4-5-13(24-3)11(17)8-10/h4-9,14H,1-3H3,(H,18,21)(H,22,23). The van der Waals surface area contributed by atoms with Gasteiger partial charge in [-0.25, -0.2) is 9.18 Å². The van der Waals surface area contributed by atoms with Crippen LogP contribution in [0.3, 0.4) is 0 Å². The summed E-state index contributed by atoms with van der Waals surface area (Å²) in [6, 6.07) is 3.86. The number of nitrogens with one attached hydrogen (secondary N) is 1. The molecule has 1 atom stereocenters. The van der Waals surface area contributed by atoms with Gasteiger partial charge in [0.15, 0.2) is 17.6 Å². The SMILES string of the molecule is COc1ccc(C(NC(=O)c2ccn(C(C)C)n2)C(=O)O)cc1F. The molecule has 0 fully saturated rings. The lowest BCUT2D eigenvalue weighted by molar-refractivity contribution is -0.139. The molecular weight excluding hydrogens is 317 g/mol. The Kier molecular flexibility index (Phi) is 5.18. The van der Waals surface area contributed by atoms with E-state index in [-0.39, 0.29) is 23.0 Å². The molecule has 0 saturated heterocycles. The van der Waals surface area contributed by atoms with E-state index in [0.717, 1.165) is 6.07 Å². The zero-order chi connectivity index (χ0) is 17.9. The lowest BCUT2D eigenvalue weighted by atomic mass is 10.1. The van der Waals surface area contributed by atoms with Crippen LogP contribution in [0.5, 0.6) is 5.75 Å². The number of aromatic nitrogens is 2. The zero-order valence-corrected chi connectivity index (χ0v) is 13.5. The number of hydrogen-bond acceptors (Lipinski definition) is 4. The summed E-state index contributed by atoms with van der Waals surface area (Å²) in [5.41, 5.74) is 0.182. The summed E-state index contributed by atoms with van der Waals surface area (Å²) in [5, 5.41) is 15.8. The highest BCUT2D eigenvalue weighted by Gasteiger charge is 2.25. The van der Waals surface area contributed by atoms with E-state index in [1.807, 2.05) is 13.8 Å². The van der Waals surface area contributed by atoms with Crippen molar-refractivity contribution in [3.05, 3.63) is 47.5 Å². The molecule has 0 radical (unpaired) electrons. The van der Waals surface area contributed by atoms with E-state index >= 15 is 0 Å². The number of nitrogens with zero attached hydrogens (tertiary/aromatic N) is 2. The second-order valence-corrected chi connectivity index (χ2v) is 5.41. The Hall–Kier alpha value is -2.90. The van der Waals surface area contributed by atoms with Gasteiger partial charge in [-0.15, -0.1) is 0 Å². The highest BCUT2D eigenvalue weighted by molar-refractivity contribution is 5.95. The smallest absolute Gasteiger partial charge is 0.330 e. The maximum absolute atomic E-state index is 13.8. The second kappa shape index (κ2) is 7.12. The van der Waals surface area contributed by atoms with Gasteiger partial charge in [0.2, 0.25) is 0 Å². The van der Waals surface area contributed by atoms with Gasteiger partial charge >= 0.3 is 5.97 Å². The number of rotatable bonds is 6. The van der Waals surface area contributed by atoms with E-state index < -0.39 is 23.7 Å². The molecular formula is C16H18FN3O4. The molecule has 2 rings (SSSR count). The van der Waals surface area contributed by atoms with Crippen molar-refractivity contribution in [2.45, 2.75) is 25.9 Å². The molecule has 128 valence electrons. The van der Waals surface area contributed by atoms with Crippen molar-refractivity contribution in [1.29, 1.82) is 0 Å². The molecule has 0 bridgehead atoms. The number of ether oxygens (including phenoxy) is 1. The highest BCUT2D eigenvalue weighted by Crippen LogP contribution is 2.22. The Labute approximate surface area is 138 Å². The Bertz CT molecular complexity index is 758. The molecule has 2 N–H and O–H groups in total. The minimum atomic E-state index is -1.40. The fourth-order valence-electron chi connectivity index (χ4n) is 2.10. The predicted octanol–water partition coefficient (Wildman–Crippen LogP) is 2.17. The van der Waals surface area contributed by atoms with Crippen LogP contribution < -0.4 is 10.1 Å². The summed E-state index contributed by atoms with van der Waals surface area (Å²) in [4.78, 5) is 23.7. The molecule has 2 aromatic rings. The van der Waals surface area contributed by atoms with E-state index in [4.69, 9.17) is 4.74 Å². The fraction of sp³-hybridized carbons (Fsp3) is 0.312. The van der Waals surface area contributed by atoms with Crippen LogP contribution in [0.25, 0.3) is 0 Å². The number of aliphatic carboxylic acids is 1. The van der Waals surface area contributed by atoms with Crippen molar-refractivity contribution in [3.63, 3.8) is 0 Å². The summed E-state index contributed by atoms with van der Waals surface area (Å²) in [7, 11) is 1.31. The number of benzene rings is 1. The summed E-state index contributed by atoms with van der Waals surface area (Å²) < 4.78 is 20.2. The molecule has 0 aliphatic rings. The molecule has 24 heavy (non-hydrogen) atoms. The van der Waals surface area contributed by atoms with Crippen molar-refractivity contribution in [2.75, 3.05) is 7.11 Å². The van der Waals surface area contributed by atoms with Crippen LogP contribution in [0.1, 0.15) is 42.0 Å². The normalized spacial score (nSPS) is 12.0. The Morgan fingerprint density at radius 3 is 2.54 bits per heavy atom. The number of carboxylic acid groups (broad SMARTS) is 1. The van der Waals surface area contributed by atoms with Crippen LogP contribution in [0.4, 0.5) is 4.39 Å². The van der Waals surface area contributed by atoms with Gasteiger partial charge in [0.25, 0.3) is 5.91 Å². The summed E-state index contributed by atoms with van der Waals surface area (Å²) in [6.07, 6.45) is 1.63. The maximum Gasteiger partial charge on any atom is 0.330 e. The first-order valence-corrected chi connectivity index (χ1v) is 7.25. The number of hydrogen-bond donors (Lipinski definition) is 2. The van der Waals surface area contributed by atoms with Gasteiger partial charge in [0.05, 0.1) is 7.11 Å². The number of carboxylic acids is 1. The van der Waals surface area contributed by atoms with Crippen molar-refractivity contribution < 1.29 is 23.8 Å². The summed E-state index contributed by atoms with van der Waals surface area (Å²) in [5.74, 6) is -2.68. The molecule has 0 aliphatic carbocycles. The first-order chi connectivity index (χ1) is 11.3. The highest BCUT2D eigenvalue weighted by atomic mass is 19.1. The van der Waals surface area contributed by atoms with Crippen LogP contribution >= 0.6 is 0 Å². The van der Waals surface area contributed by atoms with Gasteiger partial charge in [-0.2, -0.15) is 5.10 Å². The lowest BCUT2D eigenvalue weighted by Crippen LogP contribution is -2.34. The van der Waals surface area contributed by atoms with Gasteiger partial charge in [0.1, 0.15) is 5.69 Å². The van der Waals surface area contributed by atoms with E-state index in [2.05, 4.69) is 10.4 Å². The molecule has 0 saturated carbocycles. The molecule has 7 nitrogen and oxygen atoms in total. The average molecular weight is 335 g/mol. The van der Waals surface area contributed by atoms with Crippen LogP contribution in [0, 0.1) is 5.82 Å². The maximum atomic E-state index is 13.8. The monoisotopic (exact) mass is 335 g/mol. The Balaban J connectivity index is 2.23. The molecule has 0 spiro atoms. The van der Waals surface area contributed by atoms with Crippen molar-refractivity contribution in [2.24, 2.45) is 0 Å². The van der Waals surface area contributed by atoms with Gasteiger partial charge in [-0.1, -0.05) is 6.07 Å². The number of halogens is 1. The predicted molar refractivity (Wildman–Crippen MR) is 83.4 cm³/mol. The van der Waals surface area contributed by atoms with Crippen molar-refractivity contribution in [1.82, 2.24) is 15.1 Å². The molecule has 1 aromatic carbocycles. The number of amides is 1. The van der Waals surface area contributed by atoms with E-state index in [0.29, 0.717) is 0 Å². The van der Waals surface area contributed by atoms with E-state index in [1.165, 1.54) is 25.3 Å². The third-order valence-corrected chi connectivity index (χ3v) is 3.40. The largest absolute Gasteiger partial charge is 0.494 e. The third-order valence-electron chi connectivity index (χ3n) is 3.40. The molecule has 1 unspecified atom stereocenters. The third kappa shape index (κ3) is 3.70. The number of methoxy groups -OCH3 is 1. The minimum absolute atomic E-state index is 0.00936. The van der Waals surface area contributed by atoms with Crippen molar-refractivity contribution in [3.8, 4) is 5.75 Å². The molecule has 1 amide bonds. The quantitative estimate of drug-likeness (QED) is 0.844. The first-order valence-electron chi connectivity index (χ1n) is 7.25. The summed E-state index contributed by atoms with van der Waals surface area (Å²) >= 11 is 0. The molecule has 0 aliphatic heterocycles. The lowest BCUT2D eigenvalue weighted by Gasteiger charge is -2.15. The Morgan fingerprint density at radius 2 is 2.04 bits per heavy atom. The van der Waals surface area contributed by atoms with Crippen LogP contribution in [0.2, 0.25) is 0 Å². The molecule has 1 aromatic heterocycles. The van der Waals surface area contributed by atoms with Gasteiger partial charge in [-0.3, -0.25) is 9.48 Å².